The predicted octanol–water partition coefficient (Wildman–Crippen LogP) is 4.33. The molecule has 1 atom stereocenters. The molecule has 1 aliphatic rings. The highest BCUT2D eigenvalue weighted by Gasteiger charge is 2.34. The highest BCUT2D eigenvalue weighted by Crippen LogP contribution is 2.43. The number of aromatic amines is 1. The number of hydrogen-bond donors (Lipinski definition) is 3. The second kappa shape index (κ2) is 9.00. The van der Waals surface area contributed by atoms with E-state index in [0.717, 1.165) is 38.1 Å². The molecule has 1 aromatic heterocycles. The lowest BCUT2D eigenvalue weighted by atomic mass is 9.84. The summed E-state index contributed by atoms with van der Waals surface area (Å²) in [4.78, 5) is 12.5. The molecule has 2 aromatic carbocycles. The van der Waals surface area contributed by atoms with Crippen LogP contribution in [0.4, 0.5) is 5.69 Å². The normalized spacial score (nSPS) is 14.8. The molecule has 4 rings (SSSR count). The Morgan fingerprint density at radius 1 is 1.30 bits per heavy atom. The Bertz CT molecular complexity index is 1300. The SMILES string of the molecule is Cc1cc(Br)cc(C)c1NC(=O)COc1cccc(C2C(C#N)=C(N)Oc3n[nH]c(C)c32)c1. The molecule has 0 spiro atoms. The molecule has 2 heterocycles. The predicted molar refractivity (Wildman–Crippen MR) is 127 cm³/mol. The maximum atomic E-state index is 12.5. The van der Waals surface area contributed by atoms with Crippen molar-refractivity contribution in [2.24, 2.45) is 5.73 Å². The van der Waals surface area contributed by atoms with Gasteiger partial charge in [0.2, 0.25) is 11.8 Å². The van der Waals surface area contributed by atoms with Crippen molar-refractivity contribution in [3.8, 4) is 17.7 Å². The largest absolute Gasteiger partial charge is 0.484 e. The van der Waals surface area contributed by atoms with Gasteiger partial charge in [0.05, 0.1) is 5.92 Å². The molecule has 0 radical (unpaired) electrons. The quantitative estimate of drug-likeness (QED) is 0.471. The molecule has 168 valence electrons. The van der Waals surface area contributed by atoms with Gasteiger partial charge in [0.25, 0.3) is 5.91 Å². The number of nitrogens with one attached hydrogen (secondary N) is 2. The maximum absolute atomic E-state index is 12.5. The van der Waals surface area contributed by atoms with Crippen molar-refractivity contribution in [2.45, 2.75) is 26.7 Å². The molecule has 0 saturated carbocycles. The molecule has 1 unspecified atom stereocenters. The van der Waals surface area contributed by atoms with Gasteiger partial charge in [0.1, 0.15) is 17.4 Å². The van der Waals surface area contributed by atoms with Crippen LogP contribution in [-0.2, 0) is 4.79 Å². The number of fused-ring (bicyclic) bond motifs is 1. The van der Waals surface area contributed by atoms with Crippen molar-refractivity contribution in [1.82, 2.24) is 10.2 Å². The summed E-state index contributed by atoms with van der Waals surface area (Å²) in [5, 5.41) is 19.6. The number of ether oxygens (including phenoxy) is 2. The third-order valence-electron chi connectivity index (χ3n) is 5.45. The van der Waals surface area contributed by atoms with Gasteiger partial charge in [-0.05, 0) is 61.7 Å². The fraction of sp³-hybridized carbons (Fsp3) is 0.208. The number of benzene rings is 2. The van der Waals surface area contributed by atoms with E-state index in [9.17, 15) is 10.1 Å². The Kier molecular flexibility index (Phi) is 6.11. The molecule has 1 amide bonds. The standard InChI is InChI=1S/C24H22BrN5O3/c1-12-7-16(25)8-13(2)22(12)28-19(31)11-32-17-6-4-5-15(9-17)21-18(10-26)23(27)33-24-20(21)14(3)29-30-24/h4-9,21H,11,27H2,1-3H3,(H,28,31)(H,29,30). The first-order valence-corrected chi connectivity index (χ1v) is 11.0. The molecule has 4 N–H and O–H groups in total. The van der Waals surface area contributed by atoms with E-state index < -0.39 is 5.92 Å². The summed E-state index contributed by atoms with van der Waals surface area (Å²) in [7, 11) is 0. The number of hydrogen-bond acceptors (Lipinski definition) is 6. The van der Waals surface area contributed by atoms with Gasteiger partial charge in [-0.15, -0.1) is 5.10 Å². The molecular weight excluding hydrogens is 486 g/mol. The number of H-pyrrole nitrogens is 1. The molecule has 0 bridgehead atoms. The Labute approximate surface area is 199 Å². The van der Waals surface area contributed by atoms with Crippen LogP contribution in [0.5, 0.6) is 11.6 Å². The van der Waals surface area contributed by atoms with Crippen molar-refractivity contribution < 1.29 is 14.3 Å². The number of carbonyl (C=O) groups is 1. The zero-order chi connectivity index (χ0) is 23.7. The summed E-state index contributed by atoms with van der Waals surface area (Å²) in [6, 6.07) is 13.3. The number of aryl methyl sites for hydroxylation is 3. The number of anilines is 1. The molecular formula is C24H22BrN5O3. The molecule has 3 aromatic rings. The maximum Gasteiger partial charge on any atom is 0.262 e. The van der Waals surface area contributed by atoms with Crippen LogP contribution in [0.15, 0.2) is 52.3 Å². The number of allylic oxidation sites excluding steroid dienone is 1. The molecule has 1 aliphatic heterocycles. The van der Waals surface area contributed by atoms with Crippen LogP contribution < -0.4 is 20.5 Å². The van der Waals surface area contributed by atoms with Gasteiger partial charge in [-0.1, -0.05) is 28.1 Å². The van der Waals surface area contributed by atoms with E-state index in [0.29, 0.717) is 17.2 Å². The Morgan fingerprint density at radius 3 is 2.73 bits per heavy atom. The molecule has 0 saturated heterocycles. The molecule has 33 heavy (non-hydrogen) atoms. The number of nitriles is 1. The van der Waals surface area contributed by atoms with Crippen molar-refractivity contribution in [1.29, 1.82) is 5.26 Å². The highest BCUT2D eigenvalue weighted by atomic mass is 79.9. The average molecular weight is 508 g/mol. The van der Waals surface area contributed by atoms with Crippen LogP contribution in [0.25, 0.3) is 0 Å². The van der Waals surface area contributed by atoms with E-state index in [-0.39, 0.29) is 18.4 Å². The van der Waals surface area contributed by atoms with E-state index >= 15 is 0 Å². The summed E-state index contributed by atoms with van der Waals surface area (Å²) in [5.74, 6) is 0.141. The second-order valence-corrected chi connectivity index (χ2v) is 8.73. The topological polar surface area (TPSA) is 126 Å². The third-order valence-corrected chi connectivity index (χ3v) is 5.91. The van der Waals surface area contributed by atoms with Crippen molar-refractivity contribution in [2.75, 3.05) is 11.9 Å². The van der Waals surface area contributed by atoms with Crippen LogP contribution in [0.1, 0.15) is 33.9 Å². The molecule has 9 heteroatoms. The first-order valence-electron chi connectivity index (χ1n) is 10.2. The van der Waals surface area contributed by atoms with E-state index in [1.807, 2.05) is 39.0 Å². The van der Waals surface area contributed by atoms with E-state index in [4.69, 9.17) is 15.2 Å². The van der Waals surface area contributed by atoms with Gasteiger partial charge >= 0.3 is 0 Å². The number of halogens is 1. The van der Waals surface area contributed by atoms with E-state index in [2.05, 4.69) is 37.5 Å². The lowest BCUT2D eigenvalue weighted by Crippen LogP contribution is -2.22. The number of amides is 1. The van der Waals surface area contributed by atoms with Gasteiger partial charge in [-0.3, -0.25) is 9.89 Å². The number of nitrogens with zero attached hydrogens (tertiary/aromatic N) is 2. The van der Waals surface area contributed by atoms with Crippen molar-refractivity contribution in [3.05, 3.63) is 80.3 Å². The Morgan fingerprint density at radius 2 is 2.03 bits per heavy atom. The van der Waals surface area contributed by atoms with Crippen molar-refractivity contribution in [3.63, 3.8) is 0 Å². The minimum atomic E-state index is -0.456. The average Bonchev–Trinajstić information content (AvgIpc) is 3.14. The van der Waals surface area contributed by atoms with Gasteiger partial charge in [-0.25, -0.2) is 0 Å². The first kappa shape index (κ1) is 22.4. The first-order chi connectivity index (χ1) is 15.8. The number of nitrogens with two attached hydrogens (primary N) is 1. The third kappa shape index (κ3) is 4.43. The van der Waals surface area contributed by atoms with Crippen LogP contribution in [0.3, 0.4) is 0 Å². The van der Waals surface area contributed by atoms with Crippen LogP contribution in [0, 0.1) is 32.1 Å². The summed E-state index contributed by atoms with van der Waals surface area (Å²) in [6.45, 7) is 5.56. The van der Waals surface area contributed by atoms with Gasteiger partial charge in [0.15, 0.2) is 6.61 Å². The lowest BCUT2D eigenvalue weighted by molar-refractivity contribution is -0.118. The van der Waals surface area contributed by atoms with Gasteiger partial charge in [-0.2, -0.15) is 5.26 Å². The molecule has 0 fully saturated rings. The van der Waals surface area contributed by atoms with Crippen LogP contribution in [-0.4, -0.2) is 22.7 Å². The Hall–Kier alpha value is -3.77. The van der Waals surface area contributed by atoms with E-state index in [1.165, 1.54) is 0 Å². The minimum absolute atomic E-state index is 0.0208. The zero-order valence-electron chi connectivity index (χ0n) is 18.3. The summed E-state index contributed by atoms with van der Waals surface area (Å²) in [5.41, 5.74) is 11.3. The van der Waals surface area contributed by atoms with Gasteiger partial charge < -0.3 is 20.5 Å². The molecule has 8 nitrogen and oxygen atoms in total. The van der Waals surface area contributed by atoms with E-state index in [1.54, 1.807) is 18.2 Å². The van der Waals surface area contributed by atoms with Crippen LogP contribution >= 0.6 is 15.9 Å². The fourth-order valence-electron chi connectivity index (χ4n) is 3.95. The number of aromatic nitrogens is 2. The highest BCUT2D eigenvalue weighted by molar-refractivity contribution is 9.10. The second-order valence-electron chi connectivity index (χ2n) is 7.82. The monoisotopic (exact) mass is 507 g/mol. The zero-order valence-corrected chi connectivity index (χ0v) is 19.9. The molecule has 0 aliphatic carbocycles. The van der Waals surface area contributed by atoms with Gasteiger partial charge in [0, 0.05) is 21.4 Å². The van der Waals surface area contributed by atoms with Crippen molar-refractivity contribution >= 4 is 27.5 Å². The van der Waals surface area contributed by atoms with Crippen LogP contribution in [0.2, 0.25) is 0 Å². The summed E-state index contributed by atoms with van der Waals surface area (Å²) >= 11 is 3.46. The smallest absolute Gasteiger partial charge is 0.262 e. The number of carbonyl (C=O) groups excluding carboxylic acids is 1. The summed E-state index contributed by atoms with van der Waals surface area (Å²) in [6.07, 6.45) is 0. The minimum Gasteiger partial charge on any atom is -0.484 e. The lowest BCUT2D eigenvalue weighted by Gasteiger charge is -2.24. The Balaban J connectivity index is 1.54. The fourth-order valence-corrected chi connectivity index (χ4v) is 4.63. The summed E-state index contributed by atoms with van der Waals surface area (Å²) < 4.78 is 12.2. The number of rotatable bonds is 5.